The van der Waals surface area contributed by atoms with Crippen LogP contribution >= 0.6 is 0 Å². The molecule has 0 fully saturated rings. The van der Waals surface area contributed by atoms with Gasteiger partial charge < -0.3 is 15.2 Å². The molecule has 1 aromatic heterocycles. The van der Waals surface area contributed by atoms with Crippen LogP contribution in [0, 0.1) is 10.1 Å². The third-order valence-electron chi connectivity index (χ3n) is 4.44. The maximum Gasteiger partial charge on any atom is 0.292 e. The van der Waals surface area contributed by atoms with Gasteiger partial charge in [-0.2, -0.15) is 0 Å². The molecular weight excluding hydrogens is 370 g/mol. The number of aromatic nitrogens is 2. The van der Waals surface area contributed by atoms with Gasteiger partial charge in [0.1, 0.15) is 11.5 Å². The molecule has 1 heterocycles. The molecule has 29 heavy (non-hydrogen) atoms. The zero-order chi connectivity index (χ0) is 20.5. The molecule has 0 bridgehead atoms. The Morgan fingerprint density at radius 1 is 1.07 bits per heavy atom. The summed E-state index contributed by atoms with van der Waals surface area (Å²) in [5.41, 5.74) is 1.60. The predicted octanol–water partition coefficient (Wildman–Crippen LogP) is 3.00. The van der Waals surface area contributed by atoms with E-state index >= 15 is 0 Å². The molecule has 8 nitrogen and oxygen atoms in total. The van der Waals surface area contributed by atoms with E-state index in [2.05, 4.69) is 32.3 Å². The Hall–Kier alpha value is -3.68. The summed E-state index contributed by atoms with van der Waals surface area (Å²) in [6, 6.07) is 16.5. The second-order valence-corrected chi connectivity index (χ2v) is 6.51. The lowest BCUT2D eigenvalue weighted by molar-refractivity contribution is -0.384. The molecule has 0 saturated carbocycles. The van der Waals surface area contributed by atoms with E-state index in [4.69, 9.17) is 0 Å². The molecule has 0 aliphatic heterocycles. The summed E-state index contributed by atoms with van der Waals surface area (Å²) in [6.45, 7) is 1.54. The molecule has 0 spiro atoms. The molecular formula is C21H23N5O3. The fourth-order valence-corrected chi connectivity index (χ4v) is 2.99. The van der Waals surface area contributed by atoms with Crippen LogP contribution in [-0.4, -0.2) is 33.5 Å². The van der Waals surface area contributed by atoms with Gasteiger partial charge in [0.05, 0.1) is 4.92 Å². The number of nitrogens with one attached hydrogen (secondary N) is 2. The van der Waals surface area contributed by atoms with Gasteiger partial charge in [0.15, 0.2) is 0 Å². The number of nitrogens with zero attached hydrogens (tertiary/aromatic N) is 3. The van der Waals surface area contributed by atoms with Crippen LogP contribution in [0.3, 0.4) is 0 Å². The van der Waals surface area contributed by atoms with Crippen molar-refractivity contribution in [3.05, 3.63) is 88.5 Å². The Morgan fingerprint density at radius 2 is 1.83 bits per heavy atom. The maximum atomic E-state index is 12.0. The van der Waals surface area contributed by atoms with Crippen molar-refractivity contribution in [1.29, 1.82) is 0 Å². The van der Waals surface area contributed by atoms with Crippen LogP contribution in [0.25, 0.3) is 0 Å². The second-order valence-electron chi connectivity index (χ2n) is 6.51. The fraction of sp³-hybridized carbons (Fsp3) is 0.238. The van der Waals surface area contributed by atoms with Crippen LogP contribution in [-0.2, 0) is 17.8 Å². The number of amides is 1. The van der Waals surface area contributed by atoms with Crippen molar-refractivity contribution >= 4 is 17.3 Å². The van der Waals surface area contributed by atoms with Gasteiger partial charge in [0.25, 0.3) is 5.69 Å². The minimum Gasteiger partial charge on any atom is -0.379 e. The third kappa shape index (κ3) is 5.90. The van der Waals surface area contributed by atoms with Gasteiger partial charge in [-0.25, -0.2) is 4.98 Å². The highest BCUT2D eigenvalue weighted by atomic mass is 16.6. The zero-order valence-electron chi connectivity index (χ0n) is 16.0. The number of carbonyl (C=O) groups excluding carboxylic acids is 1. The molecule has 3 aromatic rings. The minimum absolute atomic E-state index is 0.00170. The van der Waals surface area contributed by atoms with Crippen LogP contribution in [0.4, 0.5) is 11.4 Å². The van der Waals surface area contributed by atoms with Crippen LogP contribution in [0.15, 0.2) is 67.0 Å². The van der Waals surface area contributed by atoms with Gasteiger partial charge in [-0.1, -0.05) is 42.5 Å². The molecule has 2 aromatic carbocycles. The van der Waals surface area contributed by atoms with E-state index in [9.17, 15) is 14.9 Å². The standard InChI is InChI=1S/C21H23N5O3/c27-21(11-13-22-18-8-4-5-9-19(18)26(28)29)24-12-10-20-23-14-15-25(20)16-17-6-2-1-3-7-17/h1-9,14-15,22H,10-13,16H2,(H,24,27). The topological polar surface area (TPSA) is 102 Å². The van der Waals surface area contributed by atoms with Crippen molar-refractivity contribution in [1.82, 2.24) is 14.9 Å². The van der Waals surface area contributed by atoms with Crippen molar-refractivity contribution < 1.29 is 9.72 Å². The van der Waals surface area contributed by atoms with Crippen molar-refractivity contribution in [2.24, 2.45) is 0 Å². The summed E-state index contributed by atoms with van der Waals surface area (Å²) < 4.78 is 2.07. The predicted molar refractivity (Wildman–Crippen MR) is 111 cm³/mol. The number of hydrogen-bond donors (Lipinski definition) is 2. The van der Waals surface area contributed by atoms with Crippen LogP contribution in [0.1, 0.15) is 17.8 Å². The summed E-state index contributed by atoms with van der Waals surface area (Å²) in [5, 5.41) is 16.8. The number of rotatable bonds is 10. The molecule has 0 aliphatic carbocycles. The summed E-state index contributed by atoms with van der Waals surface area (Å²) in [4.78, 5) is 27.0. The largest absolute Gasteiger partial charge is 0.379 e. The molecule has 0 aliphatic rings. The van der Waals surface area contributed by atoms with Gasteiger partial charge >= 0.3 is 0 Å². The number of para-hydroxylation sites is 2. The number of anilines is 1. The first-order chi connectivity index (χ1) is 14.1. The van der Waals surface area contributed by atoms with E-state index in [0.717, 1.165) is 12.4 Å². The number of benzene rings is 2. The molecule has 0 unspecified atom stereocenters. The quantitative estimate of drug-likeness (QED) is 0.407. The normalized spacial score (nSPS) is 10.5. The molecule has 0 radical (unpaired) electrons. The highest BCUT2D eigenvalue weighted by Crippen LogP contribution is 2.22. The van der Waals surface area contributed by atoms with Crippen molar-refractivity contribution in [3.8, 4) is 0 Å². The van der Waals surface area contributed by atoms with Gasteiger partial charge in [0, 0.05) is 50.9 Å². The average Bonchev–Trinajstić information content (AvgIpc) is 3.16. The van der Waals surface area contributed by atoms with Crippen molar-refractivity contribution in [2.75, 3.05) is 18.4 Å². The SMILES string of the molecule is O=C(CCNc1ccccc1[N+](=O)[O-])NCCc1nccn1Cc1ccccc1. The summed E-state index contributed by atoms with van der Waals surface area (Å²) in [5.74, 6) is 0.796. The summed E-state index contributed by atoms with van der Waals surface area (Å²) in [7, 11) is 0. The first-order valence-corrected chi connectivity index (χ1v) is 9.41. The van der Waals surface area contributed by atoms with E-state index < -0.39 is 4.92 Å². The van der Waals surface area contributed by atoms with Gasteiger partial charge in [0.2, 0.25) is 5.91 Å². The molecule has 2 N–H and O–H groups in total. The Balaban J connectivity index is 1.41. The van der Waals surface area contributed by atoms with Crippen LogP contribution in [0.2, 0.25) is 0 Å². The van der Waals surface area contributed by atoms with Crippen LogP contribution < -0.4 is 10.6 Å². The van der Waals surface area contributed by atoms with Gasteiger partial charge in [-0.15, -0.1) is 0 Å². The smallest absolute Gasteiger partial charge is 0.292 e. The summed E-state index contributed by atoms with van der Waals surface area (Å²) >= 11 is 0. The van der Waals surface area contributed by atoms with Crippen molar-refractivity contribution in [3.63, 3.8) is 0 Å². The highest BCUT2D eigenvalue weighted by molar-refractivity contribution is 5.76. The highest BCUT2D eigenvalue weighted by Gasteiger charge is 2.12. The fourth-order valence-electron chi connectivity index (χ4n) is 2.99. The Bertz CT molecular complexity index is 956. The van der Waals surface area contributed by atoms with E-state index in [1.165, 1.54) is 11.6 Å². The van der Waals surface area contributed by atoms with Gasteiger partial charge in [-0.05, 0) is 11.6 Å². The third-order valence-corrected chi connectivity index (χ3v) is 4.44. The van der Waals surface area contributed by atoms with Gasteiger partial charge in [-0.3, -0.25) is 14.9 Å². The molecule has 1 amide bonds. The maximum absolute atomic E-state index is 12.0. The molecule has 0 atom stereocenters. The zero-order valence-corrected chi connectivity index (χ0v) is 16.0. The Kier molecular flexibility index (Phi) is 6.94. The lowest BCUT2D eigenvalue weighted by Crippen LogP contribution is -2.28. The number of nitro groups is 1. The van der Waals surface area contributed by atoms with E-state index in [1.807, 2.05) is 24.4 Å². The molecule has 150 valence electrons. The molecule has 8 heteroatoms. The lowest BCUT2D eigenvalue weighted by Gasteiger charge is -2.10. The number of nitro benzene ring substituents is 1. The minimum atomic E-state index is -0.444. The summed E-state index contributed by atoms with van der Waals surface area (Å²) in [6.07, 6.45) is 4.55. The van der Waals surface area contributed by atoms with E-state index in [0.29, 0.717) is 25.2 Å². The average molecular weight is 393 g/mol. The first kappa shape index (κ1) is 20.1. The second kappa shape index (κ2) is 10.0. The van der Waals surface area contributed by atoms with E-state index in [1.54, 1.807) is 24.4 Å². The Morgan fingerprint density at radius 3 is 2.62 bits per heavy atom. The molecule has 0 saturated heterocycles. The molecule has 3 rings (SSSR count). The van der Waals surface area contributed by atoms with Crippen LogP contribution in [0.5, 0.6) is 0 Å². The van der Waals surface area contributed by atoms with Crippen molar-refractivity contribution in [2.45, 2.75) is 19.4 Å². The monoisotopic (exact) mass is 393 g/mol. The number of imidazole rings is 1. The number of carbonyl (C=O) groups is 1. The van der Waals surface area contributed by atoms with E-state index in [-0.39, 0.29) is 18.0 Å². The first-order valence-electron chi connectivity index (χ1n) is 9.41. The Labute approximate surface area is 168 Å². The number of hydrogen-bond acceptors (Lipinski definition) is 5. The lowest BCUT2D eigenvalue weighted by atomic mass is 10.2.